The number of hydrogen-bond acceptors (Lipinski definition) is 4. The predicted octanol–water partition coefficient (Wildman–Crippen LogP) is 4.24. The lowest BCUT2D eigenvalue weighted by Gasteiger charge is -2.11. The van der Waals surface area contributed by atoms with Gasteiger partial charge in [0.15, 0.2) is 11.2 Å². The molecule has 21 heavy (non-hydrogen) atoms. The summed E-state index contributed by atoms with van der Waals surface area (Å²) in [4.78, 5) is 16.8. The molecule has 3 rings (SSSR count). The number of ether oxygens (including phenoxy) is 1. The average molecular weight is 321 g/mol. The number of imidazole rings is 1. The van der Waals surface area contributed by atoms with Crippen LogP contribution in [-0.4, -0.2) is 22.3 Å². The van der Waals surface area contributed by atoms with E-state index in [4.69, 9.17) is 16.3 Å². The Balaban J connectivity index is 2.28. The van der Waals surface area contributed by atoms with Crippen molar-refractivity contribution < 1.29 is 9.53 Å². The highest BCUT2D eigenvalue weighted by atomic mass is 35.5. The number of hydrogen-bond donors (Lipinski definition) is 0. The van der Waals surface area contributed by atoms with E-state index in [2.05, 4.69) is 4.98 Å². The number of aromatic nitrogens is 2. The Kier molecular flexibility index (Phi) is 3.69. The molecule has 0 atom stereocenters. The number of carbonyl (C=O) groups excluding carboxylic acids is 1. The third-order valence-electron chi connectivity index (χ3n) is 3.23. The lowest BCUT2D eigenvalue weighted by Crippen LogP contribution is -1.97. The first-order valence-electron chi connectivity index (χ1n) is 6.49. The van der Waals surface area contributed by atoms with Crippen LogP contribution in [0.25, 0.3) is 16.2 Å². The number of rotatable bonds is 4. The second-order valence-electron chi connectivity index (χ2n) is 4.55. The minimum atomic E-state index is 0.507. The van der Waals surface area contributed by atoms with Crippen molar-refractivity contribution in [3.05, 3.63) is 40.0 Å². The van der Waals surface area contributed by atoms with Crippen LogP contribution in [0.4, 0.5) is 0 Å². The maximum atomic E-state index is 11.5. The molecule has 1 aromatic carbocycles. The molecule has 0 saturated carbocycles. The molecule has 0 spiro atoms. The van der Waals surface area contributed by atoms with Crippen molar-refractivity contribution in [1.82, 2.24) is 9.38 Å². The number of aryl methyl sites for hydroxylation is 1. The molecule has 108 valence electrons. The molecule has 0 aliphatic carbocycles. The molecular formula is C15H13ClN2O2S. The maximum absolute atomic E-state index is 11.5. The zero-order valence-electron chi connectivity index (χ0n) is 11.6. The van der Waals surface area contributed by atoms with Crippen molar-refractivity contribution in [3.8, 4) is 17.0 Å². The first-order valence-corrected chi connectivity index (χ1v) is 7.75. The van der Waals surface area contributed by atoms with Crippen LogP contribution in [0.3, 0.4) is 0 Å². The fraction of sp³-hybridized carbons (Fsp3) is 0.200. The first kappa shape index (κ1) is 14.1. The van der Waals surface area contributed by atoms with E-state index in [1.807, 2.05) is 31.5 Å². The molecule has 0 bridgehead atoms. The Hall–Kier alpha value is -1.85. The molecule has 0 amide bonds. The highest BCUT2D eigenvalue weighted by molar-refractivity contribution is 7.15. The lowest BCUT2D eigenvalue weighted by atomic mass is 10.1. The summed E-state index contributed by atoms with van der Waals surface area (Å²) in [6.45, 7) is 4.37. The van der Waals surface area contributed by atoms with Crippen LogP contribution in [0.15, 0.2) is 23.7 Å². The molecule has 4 nitrogen and oxygen atoms in total. The summed E-state index contributed by atoms with van der Waals surface area (Å²) in [6, 6.07) is 3.69. The standard InChI is InChI=1S/C15H13ClN2O2S/c1-3-20-13-6-9(2)11(16)7-10(13)14-12(8-19)18-4-5-21-15(18)17-14/h4-8H,3H2,1-2H3. The number of fused-ring (bicyclic) bond motifs is 1. The van der Waals surface area contributed by atoms with Gasteiger partial charge in [-0.05, 0) is 31.5 Å². The van der Waals surface area contributed by atoms with E-state index in [1.165, 1.54) is 11.3 Å². The quantitative estimate of drug-likeness (QED) is 0.675. The molecule has 2 aromatic heterocycles. The van der Waals surface area contributed by atoms with E-state index >= 15 is 0 Å². The summed E-state index contributed by atoms with van der Waals surface area (Å²) >= 11 is 7.71. The van der Waals surface area contributed by atoms with Gasteiger partial charge in [-0.3, -0.25) is 9.20 Å². The van der Waals surface area contributed by atoms with Gasteiger partial charge in [0, 0.05) is 22.2 Å². The highest BCUT2D eigenvalue weighted by Crippen LogP contribution is 2.36. The van der Waals surface area contributed by atoms with Crippen molar-refractivity contribution in [2.24, 2.45) is 0 Å². The van der Waals surface area contributed by atoms with Crippen molar-refractivity contribution in [2.75, 3.05) is 6.61 Å². The highest BCUT2D eigenvalue weighted by Gasteiger charge is 2.19. The van der Waals surface area contributed by atoms with Gasteiger partial charge in [0.25, 0.3) is 0 Å². The molecular weight excluding hydrogens is 308 g/mol. The summed E-state index contributed by atoms with van der Waals surface area (Å²) in [6.07, 6.45) is 2.64. The maximum Gasteiger partial charge on any atom is 0.194 e. The largest absolute Gasteiger partial charge is 0.493 e. The third-order valence-corrected chi connectivity index (χ3v) is 4.39. The number of aldehydes is 1. The van der Waals surface area contributed by atoms with Crippen LogP contribution >= 0.6 is 22.9 Å². The van der Waals surface area contributed by atoms with Gasteiger partial charge < -0.3 is 4.74 Å². The molecule has 3 aromatic rings. The number of benzene rings is 1. The Morgan fingerprint density at radius 2 is 2.29 bits per heavy atom. The van der Waals surface area contributed by atoms with Crippen molar-refractivity contribution in [2.45, 2.75) is 13.8 Å². The molecule has 0 saturated heterocycles. The van der Waals surface area contributed by atoms with E-state index in [0.29, 0.717) is 28.8 Å². The van der Waals surface area contributed by atoms with Gasteiger partial charge in [0.2, 0.25) is 0 Å². The Bertz CT molecular complexity index is 823. The molecule has 2 heterocycles. The van der Waals surface area contributed by atoms with E-state index in [0.717, 1.165) is 22.4 Å². The van der Waals surface area contributed by atoms with Crippen LogP contribution in [0.5, 0.6) is 5.75 Å². The Morgan fingerprint density at radius 3 is 3.00 bits per heavy atom. The summed E-state index contributed by atoms with van der Waals surface area (Å²) in [7, 11) is 0. The van der Waals surface area contributed by atoms with E-state index in [9.17, 15) is 4.79 Å². The van der Waals surface area contributed by atoms with E-state index < -0.39 is 0 Å². The van der Waals surface area contributed by atoms with Crippen LogP contribution in [0.2, 0.25) is 5.02 Å². The second kappa shape index (κ2) is 5.50. The van der Waals surface area contributed by atoms with Crippen LogP contribution in [-0.2, 0) is 0 Å². The van der Waals surface area contributed by atoms with Crippen molar-refractivity contribution in [1.29, 1.82) is 0 Å². The molecule has 0 radical (unpaired) electrons. The van der Waals surface area contributed by atoms with Gasteiger partial charge in [-0.15, -0.1) is 11.3 Å². The summed E-state index contributed by atoms with van der Waals surface area (Å²) < 4.78 is 7.45. The van der Waals surface area contributed by atoms with E-state index in [-0.39, 0.29) is 0 Å². The zero-order valence-corrected chi connectivity index (χ0v) is 13.2. The second-order valence-corrected chi connectivity index (χ2v) is 5.83. The monoisotopic (exact) mass is 320 g/mol. The van der Waals surface area contributed by atoms with Crippen molar-refractivity contribution >= 4 is 34.2 Å². The van der Waals surface area contributed by atoms with Crippen LogP contribution in [0, 0.1) is 6.92 Å². The fourth-order valence-electron chi connectivity index (χ4n) is 2.23. The number of thiazole rings is 1. The average Bonchev–Trinajstić information content (AvgIpc) is 3.03. The topological polar surface area (TPSA) is 43.6 Å². The SMILES string of the molecule is CCOc1cc(C)c(Cl)cc1-c1nc2sccn2c1C=O. The van der Waals surface area contributed by atoms with Gasteiger partial charge in [0.05, 0.1) is 6.61 Å². The minimum absolute atomic E-state index is 0.507. The summed E-state index contributed by atoms with van der Waals surface area (Å²) in [5.41, 5.74) is 2.78. The van der Waals surface area contributed by atoms with Crippen molar-refractivity contribution in [3.63, 3.8) is 0 Å². The number of halogens is 1. The van der Waals surface area contributed by atoms with E-state index in [1.54, 1.807) is 10.5 Å². The van der Waals surface area contributed by atoms with Gasteiger partial charge >= 0.3 is 0 Å². The van der Waals surface area contributed by atoms with Gasteiger partial charge in [0.1, 0.15) is 17.1 Å². The van der Waals surface area contributed by atoms with Crippen LogP contribution < -0.4 is 4.74 Å². The van der Waals surface area contributed by atoms with Gasteiger partial charge in [-0.1, -0.05) is 11.6 Å². The Labute approximate surface area is 131 Å². The smallest absolute Gasteiger partial charge is 0.194 e. The molecule has 0 unspecified atom stereocenters. The molecule has 0 aliphatic heterocycles. The third kappa shape index (κ3) is 2.32. The van der Waals surface area contributed by atoms with Crippen LogP contribution in [0.1, 0.15) is 23.0 Å². The molecule has 6 heteroatoms. The van der Waals surface area contributed by atoms with Gasteiger partial charge in [-0.2, -0.15) is 0 Å². The normalized spacial score (nSPS) is 11.0. The lowest BCUT2D eigenvalue weighted by molar-refractivity contribution is 0.111. The van der Waals surface area contributed by atoms with Gasteiger partial charge in [-0.25, -0.2) is 4.98 Å². The fourth-order valence-corrected chi connectivity index (χ4v) is 3.11. The molecule has 0 aliphatic rings. The number of nitrogens with zero attached hydrogens (tertiary/aromatic N) is 2. The zero-order chi connectivity index (χ0) is 15.0. The summed E-state index contributed by atoms with van der Waals surface area (Å²) in [5.74, 6) is 0.688. The molecule has 0 fully saturated rings. The molecule has 0 N–H and O–H groups in total. The minimum Gasteiger partial charge on any atom is -0.493 e. The predicted molar refractivity (Wildman–Crippen MR) is 84.8 cm³/mol. The Morgan fingerprint density at radius 1 is 1.48 bits per heavy atom. The first-order chi connectivity index (χ1) is 10.2. The summed E-state index contributed by atoms with van der Waals surface area (Å²) in [5, 5.41) is 2.52. The number of carbonyl (C=O) groups is 1.